The van der Waals surface area contributed by atoms with Gasteiger partial charge in [0.1, 0.15) is 0 Å². The molecule has 0 aromatic heterocycles. The molecule has 0 aliphatic rings. The van der Waals surface area contributed by atoms with Crippen molar-refractivity contribution in [3.63, 3.8) is 0 Å². The monoisotopic (exact) mass is 436 g/mol. The van der Waals surface area contributed by atoms with Crippen LogP contribution in [0.15, 0.2) is 48.5 Å². The van der Waals surface area contributed by atoms with Gasteiger partial charge in [-0.15, -0.1) is 0 Å². The molecule has 5 nitrogen and oxygen atoms in total. The smallest absolute Gasteiger partial charge is 0.235 e. The van der Waals surface area contributed by atoms with Crippen molar-refractivity contribution in [2.75, 3.05) is 12.8 Å². The van der Waals surface area contributed by atoms with E-state index < -0.39 is 10.0 Å². The van der Waals surface area contributed by atoms with E-state index in [0.717, 1.165) is 16.1 Å². The average molecular weight is 437 g/mol. The topological polar surface area (TPSA) is 66.5 Å². The number of nitrogens with zero attached hydrogens (tertiary/aromatic N) is 1. The fourth-order valence-corrected chi connectivity index (χ4v) is 3.83. The quantitative estimate of drug-likeness (QED) is 0.704. The molecule has 158 valence electrons. The molecule has 29 heavy (non-hydrogen) atoms. The summed E-state index contributed by atoms with van der Waals surface area (Å²) in [6.07, 6.45) is 1.09. The first kappa shape index (κ1) is 23.4. The van der Waals surface area contributed by atoms with Crippen molar-refractivity contribution in [1.82, 2.24) is 9.62 Å². The van der Waals surface area contributed by atoms with Gasteiger partial charge >= 0.3 is 0 Å². The van der Waals surface area contributed by atoms with Crippen molar-refractivity contribution in [1.29, 1.82) is 0 Å². The number of sulfonamides is 1. The van der Waals surface area contributed by atoms with E-state index in [4.69, 9.17) is 11.6 Å². The van der Waals surface area contributed by atoms with Crippen LogP contribution in [0.3, 0.4) is 0 Å². The fourth-order valence-electron chi connectivity index (χ4n) is 2.91. The van der Waals surface area contributed by atoms with Crippen LogP contribution in [0.2, 0.25) is 5.02 Å². The molecular formula is C22H29ClN2O3S. The Morgan fingerprint density at radius 1 is 1.10 bits per heavy atom. The Labute approximate surface area is 179 Å². The number of carbonyl (C=O) groups excluding carboxylic acids is 1. The third-order valence-corrected chi connectivity index (χ3v) is 6.31. The van der Waals surface area contributed by atoms with Crippen molar-refractivity contribution < 1.29 is 13.2 Å². The average Bonchev–Trinajstić information content (AvgIpc) is 2.61. The number of halogens is 1. The Kier molecular flexibility index (Phi) is 7.49. The van der Waals surface area contributed by atoms with Crippen LogP contribution < -0.4 is 5.32 Å². The number of hydrogen-bond acceptors (Lipinski definition) is 3. The molecule has 0 saturated heterocycles. The zero-order valence-electron chi connectivity index (χ0n) is 17.6. The summed E-state index contributed by atoms with van der Waals surface area (Å²) in [7, 11) is -3.58. The summed E-state index contributed by atoms with van der Waals surface area (Å²) in [4.78, 5) is 12.5. The van der Waals surface area contributed by atoms with E-state index >= 15 is 0 Å². The van der Waals surface area contributed by atoms with E-state index in [1.807, 2.05) is 19.1 Å². The van der Waals surface area contributed by atoms with Gasteiger partial charge in [-0.3, -0.25) is 4.79 Å². The minimum Gasteiger partial charge on any atom is -0.348 e. The van der Waals surface area contributed by atoms with Crippen LogP contribution in [0.1, 0.15) is 50.4 Å². The fraction of sp³-hybridized carbons (Fsp3) is 0.409. The van der Waals surface area contributed by atoms with Crippen molar-refractivity contribution in [3.8, 4) is 0 Å². The van der Waals surface area contributed by atoms with Crippen LogP contribution in [0.4, 0.5) is 0 Å². The van der Waals surface area contributed by atoms with Gasteiger partial charge in [0.25, 0.3) is 0 Å². The normalized spacial score (nSPS) is 13.3. The van der Waals surface area contributed by atoms with Crippen molar-refractivity contribution in [2.24, 2.45) is 0 Å². The van der Waals surface area contributed by atoms with Crippen LogP contribution in [0.25, 0.3) is 0 Å². The number of benzene rings is 2. The molecule has 2 aromatic rings. The first-order valence-electron chi connectivity index (χ1n) is 9.46. The van der Waals surface area contributed by atoms with E-state index in [1.165, 1.54) is 5.56 Å². The van der Waals surface area contributed by atoms with Crippen molar-refractivity contribution >= 4 is 27.5 Å². The highest BCUT2D eigenvalue weighted by atomic mass is 35.5. The van der Waals surface area contributed by atoms with Gasteiger partial charge in [0.15, 0.2) is 0 Å². The van der Waals surface area contributed by atoms with Crippen LogP contribution in [-0.2, 0) is 26.8 Å². The second-order valence-corrected chi connectivity index (χ2v) is 10.7. The largest absolute Gasteiger partial charge is 0.348 e. The summed E-state index contributed by atoms with van der Waals surface area (Å²) in [5.41, 5.74) is 2.88. The van der Waals surface area contributed by atoms with E-state index in [0.29, 0.717) is 10.6 Å². The van der Waals surface area contributed by atoms with Crippen LogP contribution in [0.5, 0.6) is 0 Å². The van der Waals surface area contributed by atoms with Crippen LogP contribution in [0, 0.1) is 0 Å². The Morgan fingerprint density at radius 2 is 1.69 bits per heavy atom. The Hall–Kier alpha value is -1.89. The van der Waals surface area contributed by atoms with Gasteiger partial charge < -0.3 is 5.32 Å². The second-order valence-electron chi connectivity index (χ2n) is 8.28. The lowest BCUT2D eigenvalue weighted by Crippen LogP contribution is -2.40. The first-order chi connectivity index (χ1) is 13.4. The summed E-state index contributed by atoms with van der Waals surface area (Å²) in [6, 6.07) is 14.8. The highest BCUT2D eigenvalue weighted by Gasteiger charge is 2.22. The number of rotatable bonds is 7. The maximum Gasteiger partial charge on any atom is 0.235 e. The zero-order chi connectivity index (χ0) is 21.8. The molecule has 2 rings (SSSR count). The molecule has 0 saturated carbocycles. The summed E-state index contributed by atoms with van der Waals surface area (Å²) >= 11 is 6.14. The van der Waals surface area contributed by atoms with E-state index in [2.05, 4.69) is 38.2 Å². The van der Waals surface area contributed by atoms with Gasteiger partial charge in [-0.05, 0) is 35.1 Å². The lowest BCUT2D eigenvalue weighted by atomic mass is 9.86. The lowest BCUT2D eigenvalue weighted by Gasteiger charge is -2.23. The standard InChI is InChI=1S/C22H29ClN2O3S/c1-16(17-10-12-19(13-11-17)22(2,3)4)24-21(26)15-25(29(5,27)28)14-18-8-6-7-9-20(18)23/h6-13,16H,14-15H2,1-5H3,(H,24,26)/t16-/m1/s1. The molecule has 0 spiro atoms. The molecule has 0 unspecified atom stereocenters. The molecule has 1 N–H and O–H groups in total. The summed E-state index contributed by atoms with van der Waals surface area (Å²) in [5.74, 6) is -0.366. The molecule has 0 aliphatic heterocycles. The maximum atomic E-state index is 12.5. The third-order valence-electron chi connectivity index (χ3n) is 4.75. The Balaban J connectivity index is 2.07. The molecule has 0 aliphatic carbocycles. The van der Waals surface area contributed by atoms with Gasteiger partial charge in [0, 0.05) is 11.6 Å². The van der Waals surface area contributed by atoms with E-state index in [1.54, 1.807) is 24.3 Å². The number of nitrogens with one attached hydrogen (secondary N) is 1. The maximum absolute atomic E-state index is 12.5. The molecule has 7 heteroatoms. The third kappa shape index (κ3) is 6.84. The zero-order valence-corrected chi connectivity index (χ0v) is 19.1. The Morgan fingerprint density at radius 3 is 2.21 bits per heavy atom. The van der Waals surface area contributed by atoms with E-state index in [9.17, 15) is 13.2 Å². The molecular weight excluding hydrogens is 408 g/mol. The predicted octanol–water partition coefficient (Wildman–Crippen LogP) is 4.28. The van der Waals surface area contributed by atoms with Crippen molar-refractivity contribution in [2.45, 2.75) is 45.7 Å². The Bertz CT molecular complexity index is 951. The minimum absolute atomic E-state index is 0.0422. The predicted molar refractivity (Wildman–Crippen MR) is 118 cm³/mol. The number of amides is 1. The highest BCUT2D eigenvalue weighted by Crippen LogP contribution is 2.24. The highest BCUT2D eigenvalue weighted by molar-refractivity contribution is 7.88. The van der Waals surface area contributed by atoms with Crippen LogP contribution in [-0.4, -0.2) is 31.4 Å². The van der Waals surface area contributed by atoms with Gasteiger partial charge in [0.05, 0.1) is 18.8 Å². The first-order valence-corrected chi connectivity index (χ1v) is 11.7. The van der Waals surface area contributed by atoms with Gasteiger partial charge in [-0.1, -0.05) is 74.8 Å². The molecule has 0 fully saturated rings. The molecule has 1 atom stereocenters. The molecule has 2 aromatic carbocycles. The minimum atomic E-state index is -3.58. The van der Waals surface area contributed by atoms with Gasteiger partial charge in [-0.2, -0.15) is 4.31 Å². The number of carbonyl (C=O) groups is 1. The number of hydrogen-bond donors (Lipinski definition) is 1. The van der Waals surface area contributed by atoms with Crippen molar-refractivity contribution in [3.05, 3.63) is 70.2 Å². The van der Waals surface area contributed by atoms with Gasteiger partial charge in [-0.25, -0.2) is 8.42 Å². The molecule has 0 bridgehead atoms. The summed E-state index contributed by atoms with van der Waals surface area (Å²) in [6.45, 7) is 8.09. The van der Waals surface area contributed by atoms with Crippen LogP contribution >= 0.6 is 11.6 Å². The summed E-state index contributed by atoms with van der Waals surface area (Å²) < 4.78 is 25.5. The second kappa shape index (κ2) is 9.28. The summed E-state index contributed by atoms with van der Waals surface area (Å²) in [5, 5.41) is 3.35. The van der Waals surface area contributed by atoms with E-state index in [-0.39, 0.29) is 30.5 Å². The SMILES string of the molecule is C[C@@H](NC(=O)CN(Cc1ccccc1Cl)S(C)(=O)=O)c1ccc(C(C)(C)C)cc1. The molecule has 1 amide bonds. The van der Waals surface area contributed by atoms with Gasteiger partial charge in [0.2, 0.25) is 15.9 Å². The molecule has 0 heterocycles. The molecule has 0 radical (unpaired) electrons. The lowest BCUT2D eigenvalue weighted by molar-refractivity contribution is -0.122.